The number of nitrogens with zero attached hydrogens (tertiary/aromatic N) is 2. The van der Waals surface area contributed by atoms with Gasteiger partial charge in [0, 0.05) is 45.4 Å². The number of anilines is 1. The van der Waals surface area contributed by atoms with Gasteiger partial charge in [0.15, 0.2) is 17.5 Å². The first-order valence-corrected chi connectivity index (χ1v) is 9.87. The van der Waals surface area contributed by atoms with Gasteiger partial charge >= 0.3 is 0 Å². The van der Waals surface area contributed by atoms with E-state index in [0.717, 1.165) is 62.4 Å². The molecular formula is C20H33IN4O3. The maximum absolute atomic E-state index is 5.76. The zero-order chi connectivity index (χ0) is 18.9. The Hall–Kier alpha value is -1.26. The minimum atomic E-state index is 0. The topological polar surface area (TPSA) is 67.4 Å². The Bertz CT molecular complexity index is 621. The molecule has 1 saturated heterocycles. The molecule has 0 aromatic heterocycles. The molecule has 0 unspecified atom stereocenters. The molecule has 2 heterocycles. The van der Waals surface area contributed by atoms with Crippen molar-refractivity contribution in [3.63, 3.8) is 0 Å². The second-order valence-electron chi connectivity index (χ2n) is 7.07. The number of fused-ring (bicyclic) bond motifs is 1. The van der Waals surface area contributed by atoms with Crippen LogP contribution in [0.2, 0.25) is 0 Å². The summed E-state index contributed by atoms with van der Waals surface area (Å²) in [6, 6.07) is 5.92. The summed E-state index contributed by atoms with van der Waals surface area (Å²) in [7, 11) is 3.56. The lowest BCUT2D eigenvalue weighted by molar-refractivity contribution is 0.121. The van der Waals surface area contributed by atoms with Crippen LogP contribution in [0.15, 0.2) is 23.2 Å². The highest BCUT2D eigenvalue weighted by Crippen LogP contribution is 2.32. The van der Waals surface area contributed by atoms with Gasteiger partial charge in [-0.1, -0.05) is 0 Å². The van der Waals surface area contributed by atoms with Gasteiger partial charge in [0.25, 0.3) is 0 Å². The van der Waals surface area contributed by atoms with Crippen LogP contribution in [-0.4, -0.2) is 71.0 Å². The minimum Gasteiger partial charge on any atom is -0.490 e. The summed E-state index contributed by atoms with van der Waals surface area (Å²) < 4.78 is 16.6. The fraction of sp³-hybridized carbons (Fsp3) is 0.650. The molecular weight excluding hydrogens is 471 g/mol. The van der Waals surface area contributed by atoms with Crippen molar-refractivity contribution < 1.29 is 14.2 Å². The van der Waals surface area contributed by atoms with Gasteiger partial charge in [0.05, 0.1) is 19.8 Å². The van der Waals surface area contributed by atoms with E-state index in [1.165, 1.54) is 12.8 Å². The van der Waals surface area contributed by atoms with Gasteiger partial charge in [-0.25, -0.2) is 0 Å². The summed E-state index contributed by atoms with van der Waals surface area (Å²) >= 11 is 0. The molecule has 1 aromatic carbocycles. The summed E-state index contributed by atoms with van der Waals surface area (Å²) in [5.74, 6) is 3.05. The molecule has 0 aliphatic carbocycles. The highest BCUT2D eigenvalue weighted by Gasteiger charge is 2.19. The van der Waals surface area contributed by atoms with Crippen LogP contribution in [0.1, 0.15) is 19.3 Å². The number of hydrogen-bond acceptors (Lipinski definition) is 5. The Morgan fingerprint density at radius 2 is 1.96 bits per heavy atom. The second-order valence-corrected chi connectivity index (χ2v) is 7.07. The lowest BCUT2D eigenvalue weighted by Crippen LogP contribution is -2.41. The smallest absolute Gasteiger partial charge is 0.195 e. The molecule has 8 heteroatoms. The monoisotopic (exact) mass is 504 g/mol. The second kappa shape index (κ2) is 12.3. The number of benzene rings is 1. The fourth-order valence-corrected chi connectivity index (χ4v) is 3.43. The average Bonchev–Trinajstić information content (AvgIpc) is 2.95. The van der Waals surface area contributed by atoms with E-state index in [1.54, 1.807) is 14.2 Å². The molecule has 158 valence electrons. The van der Waals surface area contributed by atoms with E-state index in [-0.39, 0.29) is 24.0 Å². The predicted octanol–water partition coefficient (Wildman–Crippen LogP) is 2.81. The summed E-state index contributed by atoms with van der Waals surface area (Å²) in [5.41, 5.74) is 0.946. The van der Waals surface area contributed by atoms with Crippen molar-refractivity contribution in [3.8, 4) is 11.5 Å². The molecule has 0 amide bonds. The quantitative estimate of drug-likeness (QED) is 0.353. The summed E-state index contributed by atoms with van der Waals surface area (Å²) in [6.07, 6.45) is 3.32. The first kappa shape index (κ1) is 23.0. The van der Waals surface area contributed by atoms with Crippen molar-refractivity contribution in [2.24, 2.45) is 10.9 Å². The van der Waals surface area contributed by atoms with Crippen LogP contribution < -0.4 is 20.1 Å². The first-order valence-electron chi connectivity index (χ1n) is 9.87. The van der Waals surface area contributed by atoms with Crippen LogP contribution in [0.3, 0.4) is 0 Å². The van der Waals surface area contributed by atoms with Gasteiger partial charge in [-0.15, -0.1) is 24.0 Å². The van der Waals surface area contributed by atoms with Gasteiger partial charge in [0.1, 0.15) is 0 Å². The van der Waals surface area contributed by atoms with Crippen molar-refractivity contribution >= 4 is 35.6 Å². The van der Waals surface area contributed by atoms with Crippen LogP contribution >= 0.6 is 24.0 Å². The molecule has 0 spiro atoms. The minimum absolute atomic E-state index is 0. The van der Waals surface area contributed by atoms with Crippen LogP contribution in [0, 0.1) is 5.92 Å². The van der Waals surface area contributed by atoms with E-state index in [0.29, 0.717) is 19.1 Å². The number of halogens is 1. The van der Waals surface area contributed by atoms with E-state index >= 15 is 0 Å². The van der Waals surface area contributed by atoms with Gasteiger partial charge < -0.3 is 29.7 Å². The number of nitrogens with one attached hydrogen (secondary N) is 2. The number of methoxy groups -OCH3 is 1. The molecule has 2 N–H and O–H groups in total. The van der Waals surface area contributed by atoms with Crippen LogP contribution in [-0.2, 0) is 4.74 Å². The van der Waals surface area contributed by atoms with Crippen molar-refractivity contribution in [2.45, 2.75) is 19.3 Å². The Balaban J connectivity index is 0.00000280. The average molecular weight is 504 g/mol. The fourth-order valence-electron chi connectivity index (χ4n) is 3.43. The highest BCUT2D eigenvalue weighted by atomic mass is 127. The maximum Gasteiger partial charge on any atom is 0.195 e. The van der Waals surface area contributed by atoms with Gasteiger partial charge in [0.2, 0.25) is 0 Å². The Morgan fingerprint density at radius 3 is 2.68 bits per heavy atom. The van der Waals surface area contributed by atoms with Crippen molar-refractivity contribution in [3.05, 3.63) is 18.2 Å². The highest BCUT2D eigenvalue weighted by molar-refractivity contribution is 14.0. The summed E-state index contributed by atoms with van der Waals surface area (Å²) in [5, 5.41) is 6.81. The van der Waals surface area contributed by atoms with E-state index in [2.05, 4.69) is 20.5 Å². The number of ether oxygens (including phenoxy) is 3. The van der Waals surface area contributed by atoms with Crippen LogP contribution in [0.25, 0.3) is 0 Å². The van der Waals surface area contributed by atoms with Gasteiger partial charge in [-0.05, 0) is 44.0 Å². The van der Waals surface area contributed by atoms with Crippen molar-refractivity contribution in [1.29, 1.82) is 0 Å². The molecule has 7 nitrogen and oxygen atoms in total. The zero-order valence-corrected chi connectivity index (χ0v) is 19.2. The number of piperidine rings is 1. The third kappa shape index (κ3) is 6.97. The Kier molecular flexibility index (Phi) is 10.1. The molecule has 0 atom stereocenters. The van der Waals surface area contributed by atoms with E-state index in [1.807, 2.05) is 18.2 Å². The number of rotatable bonds is 6. The third-order valence-electron chi connectivity index (χ3n) is 5.11. The molecule has 3 rings (SSSR count). The Morgan fingerprint density at radius 1 is 1.21 bits per heavy atom. The largest absolute Gasteiger partial charge is 0.490 e. The molecule has 0 bridgehead atoms. The zero-order valence-electron chi connectivity index (χ0n) is 16.9. The SMILES string of the molecule is CN=C(NCC1CCN(CCOC)CC1)Nc1ccc2c(c1)OCCCO2.I. The lowest BCUT2D eigenvalue weighted by atomic mass is 9.97. The van der Waals surface area contributed by atoms with Gasteiger partial charge in [-0.3, -0.25) is 4.99 Å². The van der Waals surface area contributed by atoms with E-state index in [4.69, 9.17) is 14.2 Å². The normalized spacial score (nSPS) is 18.1. The van der Waals surface area contributed by atoms with Crippen molar-refractivity contribution in [1.82, 2.24) is 10.2 Å². The molecule has 1 aromatic rings. The summed E-state index contributed by atoms with van der Waals surface area (Å²) in [4.78, 5) is 6.83. The Labute approximate surface area is 185 Å². The first-order chi connectivity index (χ1) is 13.3. The molecule has 0 saturated carbocycles. The number of likely N-dealkylation sites (tertiary alicyclic amines) is 1. The molecule has 2 aliphatic heterocycles. The molecule has 28 heavy (non-hydrogen) atoms. The maximum atomic E-state index is 5.76. The standard InChI is InChI=1S/C20H32N4O3.HI/c1-21-20(22-15-16-6-8-24(9-7-16)10-13-25-2)23-17-4-5-18-19(14-17)27-12-3-11-26-18;/h4-5,14,16H,3,6-13,15H2,1-2H3,(H2,21,22,23);1H. The number of aliphatic imine (C=N–C) groups is 1. The van der Waals surface area contributed by atoms with Crippen LogP contribution in [0.4, 0.5) is 5.69 Å². The van der Waals surface area contributed by atoms with E-state index < -0.39 is 0 Å². The summed E-state index contributed by atoms with van der Waals surface area (Å²) in [6.45, 7) is 6.45. The van der Waals surface area contributed by atoms with Crippen LogP contribution in [0.5, 0.6) is 11.5 Å². The van der Waals surface area contributed by atoms with Crippen molar-refractivity contribution in [2.75, 3.05) is 65.5 Å². The number of hydrogen-bond donors (Lipinski definition) is 2. The molecule has 2 aliphatic rings. The predicted molar refractivity (Wildman–Crippen MR) is 123 cm³/mol. The molecule has 1 fully saturated rings. The van der Waals surface area contributed by atoms with Gasteiger partial charge in [-0.2, -0.15) is 0 Å². The van der Waals surface area contributed by atoms with E-state index in [9.17, 15) is 0 Å². The number of guanidine groups is 1. The third-order valence-corrected chi connectivity index (χ3v) is 5.11. The molecule has 0 radical (unpaired) electrons. The lowest BCUT2D eigenvalue weighted by Gasteiger charge is -2.32.